The summed E-state index contributed by atoms with van der Waals surface area (Å²) in [5.41, 5.74) is 2.52. The summed E-state index contributed by atoms with van der Waals surface area (Å²) < 4.78 is 2.24. The van der Waals surface area contributed by atoms with Crippen LogP contribution >= 0.6 is 0 Å². The molecule has 2 aromatic rings. The van der Waals surface area contributed by atoms with Gasteiger partial charge in [-0.2, -0.15) is 0 Å². The third kappa shape index (κ3) is 2.63. The van der Waals surface area contributed by atoms with Gasteiger partial charge in [-0.3, -0.25) is 0 Å². The fraction of sp³-hybridized carbons (Fsp3) is 0.562. The van der Waals surface area contributed by atoms with Gasteiger partial charge in [0.1, 0.15) is 5.82 Å². The van der Waals surface area contributed by atoms with Gasteiger partial charge in [0.05, 0.1) is 11.7 Å². The Hall–Kier alpha value is -1.59. The van der Waals surface area contributed by atoms with E-state index in [4.69, 9.17) is 0 Å². The van der Waals surface area contributed by atoms with Crippen molar-refractivity contribution in [1.29, 1.82) is 0 Å². The predicted octanol–water partition coefficient (Wildman–Crippen LogP) is 1.04. The van der Waals surface area contributed by atoms with Gasteiger partial charge >= 0.3 is 0 Å². The minimum atomic E-state index is 0.600. The van der Waals surface area contributed by atoms with Gasteiger partial charge in [0.25, 0.3) is 0 Å². The maximum atomic E-state index is 4.64. The molecular formula is C16H23N5. The summed E-state index contributed by atoms with van der Waals surface area (Å²) in [4.78, 5) is 7.08. The van der Waals surface area contributed by atoms with Crippen LogP contribution in [-0.4, -0.2) is 48.2 Å². The Morgan fingerprint density at radius 3 is 2.95 bits per heavy atom. The van der Waals surface area contributed by atoms with E-state index in [1.807, 2.05) is 6.20 Å². The van der Waals surface area contributed by atoms with E-state index in [-0.39, 0.29) is 0 Å². The highest BCUT2D eigenvalue weighted by molar-refractivity contribution is 5.59. The van der Waals surface area contributed by atoms with Crippen LogP contribution in [0.1, 0.15) is 18.7 Å². The van der Waals surface area contributed by atoms with Crippen LogP contribution in [0.3, 0.4) is 0 Å². The molecule has 2 N–H and O–H groups in total. The standard InChI is InChI=1S/C16H23N5/c1-2-13(18-4-1)10-16-19-12-15-11-14(3-7-21(15)16)20-8-5-17-6-9-20/h3,7,11-13,17-18H,1-2,4-6,8-10H2. The lowest BCUT2D eigenvalue weighted by Crippen LogP contribution is -2.43. The lowest BCUT2D eigenvalue weighted by Gasteiger charge is -2.29. The number of hydrogen-bond donors (Lipinski definition) is 2. The Kier molecular flexibility index (Phi) is 3.53. The molecule has 1 atom stereocenters. The van der Waals surface area contributed by atoms with E-state index < -0.39 is 0 Å². The predicted molar refractivity (Wildman–Crippen MR) is 85.0 cm³/mol. The molecule has 0 radical (unpaired) electrons. The summed E-state index contributed by atoms with van der Waals surface area (Å²) in [5.74, 6) is 1.18. The first-order chi connectivity index (χ1) is 10.4. The van der Waals surface area contributed by atoms with Crippen molar-refractivity contribution in [3.8, 4) is 0 Å². The quantitative estimate of drug-likeness (QED) is 0.884. The normalized spacial score (nSPS) is 23.0. The Morgan fingerprint density at radius 2 is 2.14 bits per heavy atom. The van der Waals surface area contributed by atoms with Crippen LogP contribution in [-0.2, 0) is 6.42 Å². The van der Waals surface area contributed by atoms with Crippen LogP contribution in [0.5, 0.6) is 0 Å². The van der Waals surface area contributed by atoms with Gasteiger partial charge in [0, 0.05) is 50.5 Å². The number of aromatic nitrogens is 2. The highest BCUT2D eigenvalue weighted by Gasteiger charge is 2.17. The topological polar surface area (TPSA) is 44.6 Å². The molecule has 0 aromatic carbocycles. The Labute approximate surface area is 125 Å². The van der Waals surface area contributed by atoms with Crippen LogP contribution in [0.15, 0.2) is 24.5 Å². The molecule has 0 saturated carbocycles. The first kappa shape index (κ1) is 13.1. The van der Waals surface area contributed by atoms with Crippen molar-refractivity contribution in [2.75, 3.05) is 37.6 Å². The molecule has 0 spiro atoms. The van der Waals surface area contributed by atoms with Crippen molar-refractivity contribution >= 4 is 11.2 Å². The smallest absolute Gasteiger partial charge is 0.114 e. The largest absolute Gasteiger partial charge is 0.369 e. The number of anilines is 1. The van der Waals surface area contributed by atoms with E-state index in [1.165, 1.54) is 29.9 Å². The van der Waals surface area contributed by atoms with Gasteiger partial charge in [-0.25, -0.2) is 4.98 Å². The second kappa shape index (κ2) is 5.66. The monoisotopic (exact) mass is 285 g/mol. The molecule has 0 amide bonds. The number of piperazine rings is 1. The highest BCUT2D eigenvalue weighted by atomic mass is 15.2. The number of nitrogens with zero attached hydrogens (tertiary/aromatic N) is 3. The number of rotatable bonds is 3. The third-order valence-corrected chi connectivity index (χ3v) is 4.67. The SMILES string of the molecule is c1cn2c(CC3CCCN3)ncc2cc1N1CCNCC1. The molecule has 2 saturated heterocycles. The summed E-state index contributed by atoms with van der Waals surface area (Å²) in [6.45, 7) is 5.47. The zero-order chi connectivity index (χ0) is 14.1. The van der Waals surface area contributed by atoms with Gasteiger partial charge in [0.15, 0.2) is 0 Å². The van der Waals surface area contributed by atoms with Crippen LogP contribution < -0.4 is 15.5 Å². The van der Waals surface area contributed by atoms with Gasteiger partial charge in [-0.1, -0.05) is 0 Å². The molecule has 2 aromatic heterocycles. The second-order valence-corrected chi connectivity index (χ2v) is 6.09. The number of fused-ring (bicyclic) bond motifs is 1. The Morgan fingerprint density at radius 1 is 1.24 bits per heavy atom. The minimum Gasteiger partial charge on any atom is -0.369 e. The maximum absolute atomic E-state index is 4.64. The van der Waals surface area contributed by atoms with Crippen molar-refractivity contribution in [3.63, 3.8) is 0 Å². The second-order valence-electron chi connectivity index (χ2n) is 6.09. The van der Waals surface area contributed by atoms with Crippen LogP contribution in [0, 0.1) is 0 Å². The molecular weight excluding hydrogens is 262 g/mol. The summed E-state index contributed by atoms with van der Waals surface area (Å²) >= 11 is 0. The molecule has 4 rings (SSSR count). The van der Waals surface area contributed by atoms with Crippen molar-refractivity contribution < 1.29 is 0 Å². The van der Waals surface area contributed by atoms with Crippen molar-refractivity contribution in [2.45, 2.75) is 25.3 Å². The van der Waals surface area contributed by atoms with E-state index in [2.05, 4.69) is 43.2 Å². The fourth-order valence-electron chi connectivity index (χ4n) is 3.47. The van der Waals surface area contributed by atoms with Gasteiger partial charge in [-0.05, 0) is 31.5 Å². The Bertz CT molecular complexity index is 608. The minimum absolute atomic E-state index is 0.600. The van der Waals surface area contributed by atoms with E-state index in [9.17, 15) is 0 Å². The molecule has 2 fully saturated rings. The molecule has 4 heterocycles. The average Bonchev–Trinajstić information content (AvgIpc) is 3.18. The average molecular weight is 285 g/mol. The third-order valence-electron chi connectivity index (χ3n) is 4.67. The zero-order valence-corrected chi connectivity index (χ0v) is 12.4. The first-order valence-electron chi connectivity index (χ1n) is 8.05. The lowest BCUT2D eigenvalue weighted by molar-refractivity contribution is 0.583. The summed E-state index contributed by atoms with van der Waals surface area (Å²) in [7, 11) is 0. The maximum Gasteiger partial charge on any atom is 0.114 e. The number of imidazole rings is 1. The zero-order valence-electron chi connectivity index (χ0n) is 12.4. The van der Waals surface area contributed by atoms with E-state index >= 15 is 0 Å². The first-order valence-corrected chi connectivity index (χ1v) is 8.05. The van der Waals surface area contributed by atoms with Crippen molar-refractivity contribution in [3.05, 3.63) is 30.4 Å². The van der Waals surface area contributed by atoms with Gasteiger partial charge in [0.2, 0.25) is 0 Å². The number of hydrogen-bond acceptors (Lipinski definition) is 4. The van der Waals surface area contributed by atoms with Crippen molar-refractivity contribution in [2.24, 2.45) is 0 Å². The molecule has 112 valence electrons. The van der Waals surface area contributed by atoms with E-state index in [1.54, 1.807) is 0 Å². The fourth-order valence-corrected chi connectivity index (χ4v) is 3.47. The van der Waals surface area contributed by atoms with Crippen molar-refractivity contribution in [1.82, 2.24) is 20.0 Å². The Balaban J connectivity index is 1.57. The molecule has 0 bridgehead atoms. The van der Waals surface area contributed by atoms with Gasteiger partial charge < -0.3 is 19.9 Å². The molecule has 5 nitrogen and oxygen atoms in total. The van der Waals surface area contributed by atoms with Crippen LogP contribution in [0.2, 0.25) is 0 Å². The molecule has 2 aliphatic rings. The molecule has 21 heavy (non-hydrogen) atoms. The van der Waals surface area contributed by atoms with Crippen LogP contribution in [0.25, 0.3) is 5.52 Å². The molecule has 2 aliphatic heterocycles. The molecule has 0 aliphatic carbocycles. The molecule has 5 heteroatoms. The lowest BCUT2D eigenvalue weighted by atomic mass is 10.1. The number of pyridine rings is 1. The van der Waals surface area contributed by atoms with Crippen LogP contribution in [0.4, 0.5) is 5.69 Å². The van der Waals surface area contributed by atoms with E-state index in [0.717, 1.165) is 39.1 Å². The summed E-state index contributed by atoms with van der Waals surface area (Å²) in [6, 6.07) is 5.10. The summed E-state index contributed by atoms with van der Waals surface area (Å²) in [5, 5.41) is 6.95. The summed E-state index contributed by atoms with van der Waals surface area (Å²) in [6.07, 6.45) is 7.79. The van der Waals surface area contributed by atoms with Gasteiger partial charge in [-0.15, -0.1) is 0 Å². The number of nitrogens with one attached hydrogen (secondary N) is 2. The van der Waals surface area contributed by atoms with E-state index in [0.29, 0.717) is 6.04 Å². The molecule has 1 unspecified atom stereocenters. The highest BCUT2D eigenvalue weighted by Crippen LogP contribution is 2.20.